The molecule has 0 spiro atoms. The van der Waals surface area contributed by atoms with Crippen molar-refractivity contribution in [1.82, 2.24) is 0 Å². The van der Waals surface area contributed by atoms with Gasteiger partial charge in [-0.15, -0.1) is 0 Å². The van der Waals surface area contributed by atoms with E-state index in [1.807, 2.05) is 13.8 Å². The molecule has 2 rings (SSSR count). The first-order valence-electron chi connectivity index (χ1n) is 7.33. The molecule has 1 saturated carbocycles. The summed E-state index contributed by atoms with van der Waals surface area (Å²) in [6.45, 7) is 3.84. The van der Waals surface area contributed by atoms with E-state index >= 15 is 0 Å². The van der Waals surface area contributed by atoms with Crippen LogP contribution in [-0.2, 0) is 0 Å². The summed E-state index contributed by atoms with van der Waals surface area (Å²) in [6.07, 6.45) is 2.97. The fraction of sp³-hybridized carbons (Fsp3) is 0.600. The minimum Gasteiger partial charge on any atom is -0.484 e. The number of benzene rings is 1. The van der Waals surface area contributed by atoms with Crippen molar-refractivity contribution < 1.29 is 14.8 Å². The summed E-state index contributed by atoms with van der Waals surface area (Å²) in [5.74, 6) is 0.521. The SMILES string of the molecule is CC(C)Oc1cc(NC2CCCC2CO)ccc1[N+](=O)[O-]. The van der Waals surface area contributed by atoms with Crippen LogP contribution in [0, 0.1) is 16.0 Å². The highest BCUT2D eigenvalue weighted by molar-refractivity contribution is 5.58. The number of nitrogens with zero attached hydrogens (tertiary/aromatic N) is 1. The molecule has 6 heteroatoms. The molecule has 2 N–H and O–H groups in total. The van der Waals surface area contributed by atoms with E-state index in [4.69, 9.17) is 4.74 Å². The topological polar surface area (TPSA) is 84.6 Å². The maximum absolute atomic E-state index is 11.0. The van der Waals surface area contributed by atoms with Crippen molar-refractivity contribution in [3.05, 3.63) is 28.3 Å². The summed E-state index contributed by atoms with van der Waals surface area (Å²) in [5.41, 5.74) is 0.765. The Hall–Kier alpha value is -1.82. The number of anilines is 1. The third-order valence-electron chi connectivity index (χ3n) is 3.76. The average Bonchev–Trinajstić information content (AvgIpc) is 2.85. The number of rotatable bonds is 6. The van der Waals surface area contributed by atoms with Gasteiger partial charge in [0, 0.05) is 36.4 Å². The second-order valence-corrected chi connectivity index (χ2v) is 5.73. The Labute approximate surface area is 124 Å². The molecule has 0 amide bonds. The highest BCUT2D eigenvalue weighted by atomic mass is 16.6. The molecule has 1 aromatic carbocycles. The highest BCUT2D eigenvalue weighted by Crippen LogP contribution is 2.33. The van der Waals surface area contributed by atoms with Gasteiger partial charge in [0.15, 0.2) is 5.75 Å². The smallest absolute Gasteiger partial charge is 0.311 e. The molecule has 0 bridgehead atoms. The minimum absolute atomic E-state index is 0.0284. The zero-order valence-corrected chi connectivity index (χ0v) is 12.4. The minimum atomic E-state index is -0.437. The van der Waals surface area contributed by atoms with Crippen LogP contribution in [0.1, 0.15) is 33.1 Å². The number of ether oxygens (including phenoxy) is 1. The summed E-state index contributed by atoms with van der Waals surface area (Å²) < 4.78 is 5.53. The van der Waals surface area contributed by atoms with E-state index in [2.05, 4.69) is 5.32 Å². The lowest BCUT2D eigenvalue weighted by molar-refractivity contribution is -0.386. The van der Waals surface area contributed by atoms with Gasteiger partial charge in [0.25, 0.3) is 0 Å². The average molecular weight is 294 g/mol. The van der Waals surface area contributed by atoms with Crippen molar-refractivity contribution in [2.45, 2.75) is 45.3 Å². The van der Waals surface area contributed by atoms with Gasteiger partial charge >= 0.3 is 5.69 Å². The molecule has 1 fully saturated rings. The van der Waals surface area contributed by atoms with Gasteiger partial charge in [-0.3, -0.25) is 10.1 Å². The van der Waals surface area contributed by atoms with Crippen LogP contribution in [-0.4, -0.2) is 28.8 Å². The Morgan fingerprint density at radius 2 is 2.24 bits per heavy atom. The molecule has 1 aliphatic rings. The predicted molar refractivity (Wildman–Crippen MR) is 80.7 cm³/mol. The van der Waals surface area contributed by atoms with E-state index in [9.17, 15) is 15.2 Å². The van der Waals surface area contributed by atoms with Gasteiger partial charge in [-0.1, -0.05) is 6.42 Å². The van der Waals surface area contributed by atoms with Gasteiger partial charge in [-0.2, -0.15) is 0 Å². The lowest BCUT2D eigenvalue weighted by Gasteiger charge is -2.21. The second kappa shape index (κ2) is 6.76. The van der Waals surface area contributed by atoms with Crippen molar-refractivity contribution in [3.8, 4) is 5.75 Å². The fourth-order valence-electron chi connectivity index (χ4n) is 2.76. The molecule has 0 aliphatic heterocycles. The third kappa shape index (κ3) is 3.85. The maximum Gasteiger partial charge on any atom is 0.311 e. The van der Waals surface area contributed by atoms with Gasteiger partial charge in [0.1, 0.15) is 0 Å². The number of hydrogen-bond donors (Lipinski definition) is 2. The molecule has 0 aromatic heterocycles. The van der Waals surface area contributed by atoms with E-state index in [1.54, 1.807) is 12.1 Å². The second-order valence-electron chi connectivity index (χ2n) is 5.73. The predicted octanol–water partition coefficient (Wildman–Crippen LogP) is 2.95. The molecule has 2 atom stereocenters. The molecule has 21 heavy (non-hydrogen) atoms. The molecule has 0 radical (unpaired) electrons. The Bertz CT molecular complexity index is 504. The Morgan fingerprint density at radius 1 is 1.48 bits per heavy atom. The Balaban J connectivity index is 2.18. The van der Waals surface area contributed by atoms with E-state index < -0.39 is 4.92 Å². The molecular formula is C15H22N2O4. The summed E-state index contributed by atoms with van der Waals surface area (Å²) in [6, 6.07) is 5.04. The third-order valence-corrected chi connectivity index (χ3v) is 3.76. The maximum atomic E-state index is 11.0. The standard InChI is InChI=1S/C15H22N2O4/c1-10(2)21-15-8-12(6-7-14(15)17(19)20)16-13-5-3-4-11(13)9-18/h6-8,10-11,13,16,18H,3-5,9H2,1-2H3. The van der Waals surface area contributed by atoms with Crippen LogP contribution in [0.4, 0.5) is 11.4 Å². The normalized spacial score (nSPS) is 21.5. The molecule has 6 nitrogen and oxygen atoms in total. The molecule has 0 heterocycles. The first-order valence-corrected chi connectivity index (χ1v) is 7.33. The lowest BCUT2D eigenvalue weighted by Crippen LogP contribution is -2.26. The van der Waals surface area contributed by atoms with Crippen LogP contribution < -0.4 is 10.1 Å². The Morgan fingerprint density at radius 3 is 2.86 bits per heavy atom. The number of aliphatic hydroxyl groups is 1. The van der Waals surface area contributed by atoms with E-state index in [0.29, 0.717) is 0 Å². The van der Waals surface area contributed by atoms with E-state index in [1.165, 1.54) is 6.07 Å². The van der Waals surface area contributed by atoms with Gasteiger partial charge in [-0.05, 0) is 32.8 Å². The first-order chi connectivity index (χ1) is 10.0. The molecule has 0 saturated heterocycles. The van der Waals surface area contributed by atoms with Crippen LogP contribution in [0.3, 0.4) is 0 Å². The van der Waals surface area contributed by atoms with Crippen LogP contribution >= 0.6 is 0 Å². The zero-order chi connectivity index (χ0) is 15.4. The summed E-state index contributed by atoms with van der Waals surface area (Å²) in [4.78, 5) is 10.6. The van der Waals surface area contributed by atoms with Gasteiger partial charge in [-0.25, -0.2) is 0 Å². The van der Waals surface area contributed by atoms with Crippen LogP contribution in [0.5, 0.6) is 5.75 Å². The highest BCUT2D eigenvalue weighted by Gasteiger charge is 2.27. The van der Waals surface area contributed by atoms with Crippen molar-refractivity contribution >= 4 is 11.4 Å². The molecule has 116 valence electrons. The molecule has 2 unspecified atom stereocenters. The first kappa shape index (κ1) is 15.6. The lowest BCUT2D eigenvalue weighted by atomic mass is 10.0. The summed E-state index contributed by atoms with van der Waals surface area (Å²) in [7, 11) is 0. The van der Waals surface area contributed by atoms with Crippen molar-refractivity contribution in [2.24, 2.45) is 5.92 Å². The summed E-state index contributed by atoms with van der Waals surface area (Å²) in [5, 5.41) is 23.7. The van der Waals surface area contributed by atoms with Gasteiger partial charge in [0.05, 0.1) is 11.0 Å². The van der Waals surface area contributed by atoms with Crippen molar-refractivity contribution in [2.75, 3.05) is 11.9 Å². The zero-order valence-electron chi connectivity index (χ0n) is 12.4. The van der Waals surface area contributed by atoms with Crippen molar-refractivity contribution in [3.63, 3.8) is 0 Å². The van der Waals surface area contributed by atoms with Gasteiger partial charge < -0.3 is 15.2 Å². The molecule has 1 aromatic rings. The quantitative estimate of drug-likeness (QED) is 0.622. The summed E-state index contributed by atoms with van der Waals surface area (Å²) >= 11 is 0. The fourth-order valence-corrected chi connectivity index (χ4v) is 2.76. The van der Waals surface area contributed by atoms with E-state index in [0.717, 1.165) is 24.9 Å². The monoisotopic (exact) mass is 294 g/mol. The van der Waals surface area contributed by atoms with Crippen LogP contribution in [0.2, 0.25) is 0 Å². The van der Waals surface area contributed by atoms with Crippen LogP contribution in [0.25, 0.3) is 0 Å². The van der Waals surface area contributed by atoms with Crippen molar-refractivity contribution in [1.29, 1.82) is 0 Å². The largest absolute Gasteiger partial charge is 0.484 e. The van der Waals surface area contributed by atoms with Gasteiger partial charge in [0.2, 0.25) is 0 Å². The molecular weight excluding hydrogens is 272 g/mol. The number of hydrogen-bond acceptors (Lipinski definition) is 5. The number of nitro groups is 1. The van der Waals surface area contributed by atoms with Crippen LogP contribution in [0.15, 0.2) is 18.2 Å². The number of nitro benzene ring substituents is 1. The van der Waals surface area contributed by atoms with E-state index in [-0.39, 0.29) is 36.1 Å². The molecule has 1 aliphatic carbocycles. The number of nitrogens with one attached hydrogen (secondary N) is 1. The number of aliphatic hydroxyl groups excluding tert-OH is 1. The Kier molecular flexibility index (Phi) is 5.01.